The number of halogens is 1. The van der Waals surface area contributed by atoms with Crippen molar-refractivity contribution >= 4 is 18.3 Å². The minimum atomic E-state index is 0. The van der Waals surface area contributed by atoms with Gasteiger partial charge in [-0.25, -0.2) is 0 Å². The fourth-order valence-electron chi connectivity index (χ4n) is 6.77. The second kappa shape index (κ2) is 5.66. The molecule has 0 aromatic heterocycles. The van der Waals surface area contributed by atoms with E-state index in [2.05, 4.69) is 10.2 Å². The van der Waals surface area contributed by atoms with E-state index in [1.165, 1.54) is 45.1 Å². The van der Waals surface area contributed by atoms with E-state index in [1.807, 2.05) is 0 Å². The van der Waals surface area contributed by atoms with Crippen LogP contribution in [0, 0.1) is 41.4 Å². The molecule has 1 N–H and O–H groups in total. The zero-order valence-electron chi connectivity index (χ0n) is 13.4. The number of carbonyl (C=O) groups is 1. The molecular weight excluding hydrogens is 296 g/mol. The van der Waals surface area contributed by atoms with E-state index < -0.39 is 0 Å². The summed E-state index contributed by atoms with van der Waals surface area (Å²) in [6, 6.07) is 0. The van der Waals surface area contributed by atoms with Crippen molar-refractivity contribution in [3.63, 3.8) is 0 Å². The molecule has 4 aliphatic carbocycles. The Morgan fingerprint density at radius 1 is 0.864 bits per heavy atom. The van der Waals surface area contributed by atoms with E-state index in [-0.39, 0.29) is 12.4 Å². The van der Waals surface area contributed by atoms with Gasteiger partial charge in [0.15, 0.2) is 0 Å². The van der Waals surface area contributed by atoms with Crippen LogP contribution < -0.4 is 5.32 Å². The highest BCUT2D eigenvalue weighted by molar-refractivity contribution is 5.85. The second-order valence-electron chi connectivity index (χ2n) is 8.71. The third kappa shape index (κ3) is 2.31. The molecule has 0 spiro atoms. The van der Waals surface area contributed by atoms with E-state index in [1.54, 1.807) is 0 Å². The maximum atomic E-state index is 13.2. The summed E-state index contributed by atoms with van der Waals surface area (Å²) in [4.78, 5) is 15.4. The highest BCUT2D eigenvalue weighted by Gasteiger charge is 2.52. The van der Waals surface area contributed by atoms with Crippen LogP contribution in [-0.4, -0.2) is 37.0 Å². The molecule has 4 saturated carbocycles. The van der Waals surface area contributed by atoms with Gasteiger partial charge >= 0.3 is 0 Å². The van der Waals surface area contributed by atoms with Crippen LogP contribution in [0.25, 0.3) is 0 Å². The summed E-state index contributed by atoms with van der Waals surface area (Å²) in [5.74, 6) is 5.97. The molecule has 2 heterocycles. The first-order valence-electron chi connectivity index (χ1n) is 9.27. The molecule has 2 aliphatic heterocycles. The first-order chi connectivity index (χ1) is 10.3. The lowest BCUT2D eigenvalue weighted by molar-refractivity contribution is -0.151. The van der Waals surface area contributed by atoms with Crippen molar-refractivity contribution in [3.8, 4) is 0 Å². The smallest absolute Gasteiger partial charge is 0.226 e. The van der Waals surface area contributed by atoms with E-state index in [4.69, 9.17) is 0 Å². The predicted octanol–water partition coefficient (Wildman–Crippen LogP) is 2.55. The number of piperidine rings is 1. The average molecular weight is 325 g/mol. The molecule has 1 amide bonds. The molecule has 4 heteroatoms. The summed E-state index contributed by atoms with van der Waals surface area (Å²) in [7, 11) is 0. The van der Waals surface area contributed by atoms with Gasteiger partial charge in [0.2, 0.25) is 5.91 Å². The van der Waals surface area contributed by atoms with Crippen LogP contribution in [0.5, 0.6) is 0 Å². The van der Waals surface area contributed by atoms with Gasteiger partial charge in [0.05, 0.1) is 0 Å². The van der Waals surface area contributed by atoms with Crippen molar-refractivity contribution in [2.75, 3.05) is 26.2 Å². The Morgan fingerprint density at radius 2 is 1.50 bits per heavy atom. The Bertz CT molecular complexity index is 426. The predicted molar refractivity (Wildman–Crippen MR) is 88.8 cm³/mol. The molecule has 0 radical (unpaired) electrons. The summed E-state index contributed by atoms with van der Waals surface area (Å²) in [6.07, 6.45) is 8.18. The molecule has 22 heavy (non-hydrogen) atoms. The summed E-state index contributed by atoms with van der Waals surface area (Å²) >= 11 is 0. The van der Waals surface area contributed by atoms with Crippen LogP contribution in [0.3, 0.4) is 0 Å². The molecule has 2 atom stereocenters. The molecule has 3 nitrogen and oxygen atoms in total. The zero-order valence-corrected chi connectivity index (χ0v) is 14.2. The van der Waals surface area contributed by atoms with Crippen molar-refractivity contribution in [2.24, 2.45) is 41.4 Å². The van der Waals surface area contributed by atoms with Gasteiger partial charge < -0.3 is 10.2 Å². The Labute approximate surface area is 140 Å². The van der Waals surface area contributed by atoms with Crippen LogP contribution in [0.4, 0.5) is 0 Å². The number of carbonyl (C=O) groups excluding carboxylic acids is 1. The lowest BCUT2D eigenvalue weighted by Gasteiger charge is -2.54. The van der Waals surface area contributed by atoms with Gasteiger partial charge in [-0.3, -0.25) is 4.79 Å². The number of nitrogens with zero attached hydrogens (tertiary/aromatic N) is 1. The number of hydrogen-bond donors (Lipinski definition) is 1. The number of likely N-dealkylation sites (tertiary alicyclic amines) is 1. The van der Waals surface area contributed by atoms with Gasteiger partial charge in [-0.05, 0) is 87.1 Å². The first kappa shape index (κ1) is 15.3. The number of fused-ring (bicyclic) bond motifs is 1. The number of hydrogen-bond acceptors (Lipinski definition) is 2. The molecular formula is C18H29ClN2O. The maximum absolute atomic E-state index is 13.2. The van der Waals surface area contributed by atoms with Gasteiger partial charge in [-0.15, -0.1) is 12.4 Å². The molecule has 6 aliphatic rings. The largest absolute Gasteiger partial charge is 0.342 e. The standard InChI is InChI=1S/C18H28N2O.ClH/c21-18(20-2-1-13-8-19-9-16(13)10-20)17-14-4-11-3-12(6-14)7-15(17)5-11;/h11-17,19H,1-10H2;1H. The SMILES string of the molecule is Cl.O=C(C1C2CC3CC(C2)CC1C3)N1CCC2CNCC2C1. The van der Waals surface area contributed by atoms with E-state index in [0.717, 1.165) is 55.1 Å². The number of rotatable bonds is 1. The Morgan fingerprint density at radius 3 is 2.18 bits per heavy atom. The van der Waals surface area contributed by atoms with Gasteiger partial charge in [0.25, 0.3) is 0 Å². The van der Waals surface area contributed by atoms with Gasteiger partial charge in [-0.1, -0.05) is 0 Å². The van der Waals surface area contributed by atoms with Gasteiger partial charge in [0.1, 0.15) is 0 Å². The fraction of sp³-hybridized carbons (Fsp3) is 0.944. The third-order valence-electron chi connectivity index (χ3n) is 7.53. The van der Waals surface area contributed by atoms with Crippen LogP contribution in [0.2, 0.25) is 0 Å². The molecule has 6 rings (SSSR count). The normalized spacial score (nSPS) is 48.9. The van der Waals surface area contributed by atoms with Crippen molar-refractivity contribution in [2.45, 2.75) is 38.5 Å². The highest BCUT2D eigenvalue weighted by Crippen LogP contribution is 2.57. The lowest BCUT2D eigenvalue weighted by atomic mass is 9.51. The Hall–Kier alpha value is -0.280. The summed E-state index contributed by atoms with van der Waals surface area (Å²) in [5, 5.41) is 3.52. The van der Waals surface area contributed by atoms with Crippen molar-refractivity contribution in [1.29, 1.82) is 0 Å². The van der Waals surface area contributed by atoms with Crippen LogP contribution in [0.15, 0.2) is 0 Å². The highest BCUT2D eigenvalue weighted by atomic mass is 35.5. The molecule has 6 fully saturated rings. The lowest BCUT2D eigenvalue weighted by Crippen LogP contribution is -2.54. The van der Waals surface area contributed by atoms with Gasteiger partial charge in [-0.2, -0.15) is 0 Å². The van der Waals surface area contributed by atoms with Crippen molar-refractivity contribution in [3.05, 3.63) is 0 Å². The minimum absolute atomic E-state index is 0. The number of nitrogens with one attached hydrogen (secondary N) is 1. The summed E-state index contributed by atoms with van der Waals surface area (Å²) in [6.45, 7) is 4.39. The summed E-state index contributed by atoms with van der Waals surface area (Å²) in [5.41, 5.74) is 0. The third-order valence-corrected chi connectivity index (χ3v) is 7.53. The van der Waals surface area contributed by atoms with Crippen molar-refractivity contribution < 1.29 is 4.79 Å². The molecule has 2 unspecified atom stereocenters. The first-order valence-corrected chi connectivity index (χ1v) is 9.27. The molecule has 0 aromatic rings. The van der Waals surface area contributed by atoms with Gasteiger partial charge in [0, 0.05) is 19.0 Å². The van der Waals surface area contributed by atoms with E-state index in [0.29, 0.717) is 11.8 Å². The Kier molecular flexibility index (Phi) is 3.93. The molecule has 4 bridgehead atoms. The molecule has 0 aromatic carbocycles. The minimum Gasteiger partial charge on any atom is -0.342 e. The van der Waals surface area contributed by atoms with Crippen molar-refractivity contribution in [1.82, 2.24) is 10.2 Å². The average Bonchev–Trinajstić information content (AvgIpc) is 2.93. The maximum Gasteiger partial charge on any atom is 0.226 e. The topological polar surface area (TPSA) is 32.3 Å². The van der Waals surface area contributed by atoms with E-state index >= 15 is 0 Å². The van der Waals surface area contributed by atoms with Crippen LogP contribution in [-0.2, 0) is 4.79 Å². The quantitative estimate of drug-likeness (QED) is 0.804. The Balaban J connectivity index is 0.00000125. The fourth-order valence-corrected chi connectivity index (χ4v) is 6.77. The van der Waals surface area contributed by atoms with Crippen LogP contribution in [0.1, 0.15) is 38.5 Å². The molecule has 2 saturated heterocycles. The monoisotopic (exact) mass is 324 g/mol. The molecule has 124 valence electrons. The number of amides is 1. The van der Waals surface area contributed by atoms with E-state index in [9.17, 15) is 4.79 Å². The van der Waals surface area contributed by atoms with Crippen LogP contribution >= 0.6 is 12.4 Å². The second-order valence-corrected chi connectivity index (χ2v) is 8.71. The summed E-state index contributed by atoms with van der Waals surface area (Å²) < 4.78 is 0. The zero-order chi connectivity index (χ0) is 14.0.